The van der Waals surface area contributed by atoms with E-state index >= 15 is 0 Å². The minimum atomic E-state index is -0.960. The Kier molecular flexibility index (Phi) is 7.63. The summed E-state index contributed by atoms with van der Waals surface area (Å²) in [4.78, 5) is 23.2. The van der Waals surface area contributed by atoms with Crippen molar-refractivity contribution in [3.8, 4) is 0 Å². The number of hydrogen-bond donors (Lipinski definition) is 6. The molecule has 0 spiro atoms. The Labute approximate surface area is 157 Å². The molecule has 1 aromatic carbocycles. The molecule has 0 aromatic heterocycles. The summed E-state index contributed by atoms with van der Waals surface area (Å²) in [7, 11) is 0. The van der Waals surface area contributed by atoms with E-state index in [-0.39, 0.29) is 33.6 Å². The molecule has 7 nitrogen and oxygen atoms in total. The van der Waals surface area contributed by atoms with Crippen LogP contribution in [0.3, 0.4) is 0 Å². The lowest BCUT2D eigenvalue weighted by Crippen LogP contribution is -2.36. The molecule has 0 aliphatic heterocycles. The number of hydrogen-bond acceptors (Lipinski definition) is 6. The van der Waals surface area contributed by atoms with Crippen molar-refractivity contribution >= 4 is 41.5 Å². The molecular formula is C17H24FN5O2S. The van der Waals surface area contributed by atoms with E-state index in [0.29, 0.717) is 6.42 Å². The lowest BCUT2D eigenvalue weighted by Gasteiger charge is -2.20. The molecule has 0 saturated carbocycles. The minimum absolute atomic E-state index is 0.0651. The molecule has 0 fully saturated rings. The van der Waals surface area contributed by atoms with Gasteiger partial charge in [0.25, 0.3) is 5.91 Å². The van der Waals surface area contributed by atoms with E-state index in [1.165, 1.54) is 19.1 Å². The van der Waals surface area contributed by atoms with Gasteiger partial charge in [-0.15, -0.1) is 12.6 Å². The maximum atomic E-state index is 14.4. The topological polar surface area (TPSA) is 134 Å². The van der Waals surface area contributed by atoms with Gasteiger partial charge in [0, 0.05) is 11.4 Å². The van der Waals surface area contributed by atoms with E-state index in [2.05, 4.69) is 23.3 Å². The molecule has 1 atom stereocenters. The van der Waals surface area contributed by atoms with Crippen LogP contribution in [-0.4, -0.2) is 23.6 Å². The maximum absolute atomic E-state index is 14.4. The van der Waals surface area contributed by atoms with Gasteiger partial charge in [0.05, 0.1) is 16.3 Å². The van der Waals surface area contributed by atoms with Crippen LogP contribution in [0.2, 0.25) is 0 Å². The van der Waals surface area contributed by atoms with Crippen LogP contribution in [0.4, 0.5) is 15.8 Å². The lowest BCUT2D eigenvalue weighted by atomic mass is 10.0. The molecule has 0 aliphatic rings. The van der Waals surface area contributed by atoms with Crippen LogP contribution < -0.4 is 22.1 Å². The lowest BCUT2D eigenvalue weighted by molar-refractivity contribution is -0.119. The van der Waals surface area contributed by atoms with E-state index in [4.69, 9.17) is 16.9 Å². The zero-order valence-electron chi connectivity index (χ0n) is 14.9. The molecular weight excluding hydrogens is 357 g/mol. The number of halogens is 1. The van der Waals surface area contributed by atoms with Crippen LogP contribution in [-0.2, 0) is 4.79 Å². The second-order valence-electron chi connectivity index (χ2n) is 6.31. The number of carbonyl (C=O) groups is 2. The second-order valence-corrected chi connectivity index (χ2v) is 6.79. The Hall–Kier alpha value is -2.55. The fraction of sp³-hybridized carbons (Fsp3) is 0.353. The summed E-state index contributed by atoms with van der Waals surface area (Å²) in [5, 5.41) is 13.3. The monoisotopic (exact) mass is 381 g/mol. The molecule has 2 amide bonds. The number of nitrogens with two attached hydrogens (primary N) is 2. The Balaban J connectivity index is 3.29. The summed E-state index contributed by atoms with van der Waals surface area (Å²) < 4.78 is 14.4. The first kappa shape index (κ1) is 21.5. The van der Waals surface area contributed by atoms with Gasteiger partial charge in [-0.1, -0.05) is 13.8 Å². The zero-order valence-corrected chi connectivity index (χ0v) is 15.8. The predicted molar refractivity (Wildman–Crippen MR) is 105 cm³/mol. The molecule has 0 heterocycles. The third-order valence-corrected chi connectivity index (χ3v) is 3.58. The minimum Gasteiger partial charge on any atom is -0.374 e. The molecule has 0 bridgehead atoms. The largest absolute Gasteiger partial charge is 0.374 e. The number of rotatable bonds is 9. The average molecular weight is 381 g/mol. The van der Waals surface area contributed by atoms with Crippen LogP contribution in [0, 0.1) is 17.1 Å². The molecule has 0 saturated heterocycles. The number of nitrogens with one attached hydrogen (secondary N) is 3. The molecule has 1 aromatic rings. The normalized spacial score (nSPS) is 12.6. The van der Waals surface area contributed by atoms with Gasteiger partial charge >= 0.3 is 0 Å². The van der Waals surface area contributed by atoms with Gasteiger partial charge in [-0.2, -0.15) is 0 Å². The summed E-state index contributed by atoms with van der Waals surface area (Å²) in [6.07, 6.45) is 1.85. The van der Waals surface area contributed by atoms with Gasteiger partial charge in [0.1, 0.15) is 11.9 Å². The van der Waals surface area contributed by atoms with E-state index in [1.807, 2.05) is 13.8 Å². The van der Waals surface area contributed by atoms with Crippen LogP contribution in [0.15, 0.2) is 23.2 Å². The smallest absolute Gasteiger partial charge is 0.253 e. The standard InChI is InChI=1S/C17H24FN5O2S/c1-8(2)4-13(16(20)24)22-10-6-11(18)15(17(21)25)12(7-10)23-14(26)5-9(3)19/h5-8,13,19,22-23,26H,4H2,1-3H3,(H2,20,24)(H2,21,25)/b14-5-,19-9?/t13-/m1/s1. The van der Waals surface area contributed by atoms with Crippen LogP contribution in [0.1, 0.15) is 37.6 Å². The molecule has 142 valence electrons. The quantitative estimate of drug-likeness (QED) is 0.289. The van der Waals surface area contributed by atoms with Crippen molar-refractivity contribution in [2.45, 2.75) is 33.2 Å². The summed E-state index contributed by atoms with van der Waals surface area (Å²) >= 11 is 4.15. The van der Waals surface area contributed by atoms with Crippen molar-refractivity contribution in [3.05, 3.63) is 34.6 Å². The molecule has 26 heavy (non-hydrogen) atoms. The summed E-state index contributed by atoms with van der Waals surface area (Å²) in [5.41, 5.74) is 10.8. The highest BCUT2D eigenvalue weighted by Crippen LogP contribution is 2.27. The van der Waals surface area contributed by atoms with Crippen molar-refractivity contribution in [2.75, 3.05) is 10.6 Å². The Bertz CT molecular complexity index is 749. The molecule has 0 aliphatic carbocycles. The third-order valence-electron chi connectivity index (χ3n) is 3.34. The van der Waals surface area contributed by atoms with Crippen LogP contribution >= 0.6 is 12.6 Å². The van der Waals surface area contributed by atoms with Gasteiger partial charge < -0.3 is 27.5 Å². The van der Waals surface area contributed by atoms with E-state index in [9.17, 15) is 14.0 Å². The summed E-state index contributed by atoms with van der Waals surface area (Å²) in [6.45, 7) is 5.40. The highest BCUT2D eigenvalue weighted by atomic mass is 32.1. The van der Waals surface area contributed by atoms with E-state index in [0.717, 1.165) is 6.07 Å². The number of amides is 2. The highest BCUT2D eigenvalue weighted by Gasteiger charge is 2.20. The van der Waals surface area contributed by atoms with Gasteiger partial charge in [0.2, 0.25) is 5.91 Å². The number of anilines is 2. The van der Waals surface area contributed by atoms with Crippen molar-refractivity contribution in [3.63, 3.8) is 0 Å². The zero-order chi connectivity index (χ0) is 20.0. The summed E-state index contributed by atoms with van der Waals surface area (Å²) in [5.74, 6) is -2.19. The molecule has 9 heteroatoms. The number of thiol groups is 1. The fourth-order valence-electron chi connectivity index (χ4n) is 2.34. The first-order valence-electron chi connectivity index (χ1n) is 7.93. The number of allylic oxidation sites excluding steroid dienone is 1. The molecule has 7 N–H and O–H groups in total. The van der Waals surface area contributed by atoms with E-state index in [1.54, 1.807) is 0 Å². The Morgan fingerprint density at radius 2 is 1.96 bits per heavy atom. The first-order chi connectivity index (χ1) is 12.0. The fourth-order valence-corrected chi connectivity index (χ4v) is 2.65. The molecule has 1 rings (SSSR count). The van der Waals surface area contributed by atoms with Crippen molar-refractivity contribution in [2.24, 2.45) is 17.4 Å². The molecule has 0 unspecified atom stereocenters. The number of benzene rings is 1. The number of carbonyl (C=O) groups excluding carboxylic acids is 2. The van der Waals surface area contributed by atoms with Gasteiger partial charge in [-0.05, 0) is 37.5 Å². The molecule has 0 radical (unpaired) electrons. The Morgan fingerprint density at radius 3 is 2.42 bits per heavy atom. The maximum Gasteiger partial charge on any atom is 0.253 e. The first-order valence-corrected chi connectivity index (χ1v) is 8.38. The van der Waals surface area contributed by atoms with Gasteiger partial charge in [-0.25, -0.2) is 4.39 Å². The predicted octanol–water partition coefficient (Wildman–Crippen LogP) is 2.46. The van der Waals surface area contributed by atoms with Crippen molar-refractivity contribution < 1.29 is 14.0 Å². The Morgan fingerprint density at radius 1 is 1.35 bits per heavy atom. The highest BCUT2D eigenvalue weighted by molar-refractivity contribution is 7.84. The van der Waals surface area contributed by atoms with Gasteiger partial charge in [-0.3, -0.25) is 9.59 Å². The second kappa shape index (κ2) is 9.23. The average Bonchev–Trinajstić information content (AvgIpc) is 2.43. The van der Waals surface area contributed by atoms with Crippen molar-refractivity contribution in [1.82, 2.24) is 0 Å². The van der Waals surface area contributed by atoms with Crippen LogP contribution in [0.5, 0.6) is 0 Å². The van der Waals surface area contributed by atoms with Crippen LogP contribution in [0.25, 0.3) is 0 Å². The van der Waals surface area contributed by atoms with Gasteiger partial charge in [0.15, 0.2) is 0 Å². The third kappa shape index (κ3) is 6.40. The SMILES string of the molecule is CC(=N)/C=C(\S)Nc1cc(N[C@H](CC(C)C)C(N)=O)cc(F)c1C(N)=O. The van der Waals surface area contributed by atoms with Crippen molar-refractivity contribution in [1.29, 1.82) is 5.41 Å². The van der Waals surface area contributed by atoms with E-state index < -0.39 is 23.7 Å². The number of primary amides is 2. The summed E-state index contributed by atoms with van der Waals surface area (Å²) in [6, 6.07) is 1.81.